The summed E-state index contributed by atoms with van der Waals surface area (Å²) in [5.74, 6) is 0.958. The predicted octanol–water partition coefficient (Wildman–Crippen LogP) is 2.47. The van der Waals surface area contributed by atoms with Gasteiger partial charge < -0.3 is 10.6 Å². The van der Waals surface area contributed by atoms with E-state index in [1.54, 1.807) is 0 Å². The molecular weight excluding hydrogens is 236 g/mol. The van der Waals surface area contributed by atoms with Gasteiger partial charge in [-0.3, -0.25) is 4.79 Å². The van der Waals surface area contributed by atoms with Gasteiger partial charge >= 0.3 is 0 Å². The van der Waals surface area contributed by atoms with Crippen molar-refractivity contribution in [3.63, 3.8) is 0 Å². The van der Waals surface area contributed by atoms with Gasteiger partial charge in [-0.2, -0.15) is 0 Å². The van der Waals surface area contributed by atoms with Crippen LogP contribution >= 0.6 is 0 Å². The number of nitrogens with one attached hydrogen (secondary N) is 2. The molecule has 2 N–H and O–H groups in total. The summed E-state index contributed by atoms with van der Waals surface area (Å²) in [6.45, 7) is 3.20. The SMILES string of the molecule is CC(CC1CCC1)NCC(=O)NCc1ccccc1. The van der Waals surface area contributed by atoms with Crippen molar-refractivity contribution < 1.29 is 4.79 Å². The standard InChI is InChI=1S/C16H24N2O/c1-13(10-14-8-5-9-14)17-12-16(19)18-11-15-6-3-2-4-7-15/h2-4,6-7,13-14,17H,5,8-12H2,1H3,(H,18,19). The monoisotopic (exact) mass is 260 g/mol. The number of hydrogen-bond acceptors (Lipinski definition) is 2. The molecule has 3 nitrogen and oxygen atoms in total. The molecule has 1 saturated carbocycles. The lowest BCUT2D eigenvalue weighted by atomic mass is 9.81. The van der Waals surface area contributed by atoms with E-state index in [9.17, 15) is 4.79 Å². The molecule has 2 rings (SSSR count). The molecule has 104 valence electrons. The summed E-state index contributed by atoms with van der Waals surface area (Å²) in [7, 11) is 0. The summed E-state index contributed by atoms with van der Waals surface area (Å²) in [4.78, 5) is 11.7. The molecule has 1 amide bonds. The lowest BCUT2D eigenvalue weighted by Gasteiger charge is -2.28. The van der Waals surface area contributed by atoms with Crippen molar-refractivity contribution in [1.82, 2.24) is 10.6 Å². The molecule has 1 aliphatic carbocycles. The fraction of sp³-hybridized carbons (Fsp3) is 0.562. The minimum Gasteiger partial charge on any atom is -0.351 e. The van der Waals surface area contributed by atoms with E-state index < -0.39 is 0 Å². The lowest BCUT2D eigenvalue weighted by molar-refractivity contribution is -0.120. The number of hydrogen-bond donors (Lipinski definition) is 2. The molecule has 1 aromatic rings. The van der Waals surface area contributed by atoms with Crippen LogP contribution in [0, 0.1) is 5.92 Å². The second kappa shape index (κ2) is 7.29. The maximum atomic E-state index is 11.7. The third-order valence-corrected chi connectivity index (χ3v) is 3.86. The summed E-state index contributed by atoms with van der Waals surface area (Å²) >= 11 is 0. The van der Waals surface area contributed by atoms with Gasteiger partial charge in [0.25, 0.3) is 0 Å². The molecule has 0 spiro atoms. The Morgan fingerprint density at radius 3 is 2.68 bits per heavy atom. The van der Waals surface area contributed by atoms with Gasteiger partial charge in [-0.25, -0.2) is 0 Å². The Bertz CT molecular complexity index is 387. The van der Waals surface area contributed by atoms with Crippen molar-refractivity contribution in [3.8, 4) is 0 Å². The van der Waals surface area contributed by atoms with Crippen LogP contribution < -0.4 is 10.6 Å². The molecular formula is C16H24N2O. The van der Waals surface area contributed by atoms with Crippen molar-refractivity contribution in [2.24, 2.45) is 5.92 Å². The molecule has 0 aromatic heterocycles. The van der Waals surface area contributed by atoms with E-state index in [-0.39, 0.29) is 5.91 Å². The number of benzene rings is 1. The third-order valence-electron chi connectivity index (χ3n) is 3.86. The van der Waals surface area contributed by atoms with Crippen molar-refractivity contribution in [2.45, 2.75) is 45.2 Å². The summed E-state index contributed by atoms with van der Waals surface area (Å²) in [6, 6.07) is 10.4. The zero-order chi connectivity index (χ0) is 13.5. The number of carbonyl (C=O) groups is 1. The molecule has 0 aliphatic heterocycles. The smallest absolute Gasteiger partial charge is 0.234 e. The first-order valence-electron chi connectivity index (χ1n) is 7.28. The topological polar surface area (TPSA) is 41.1 Å². The van der Waals surface area contributed by atoms with Crippen LogP contribution in [0.2, 0.25) is 0 Å². The maximum Gasteiger partial charge on any atom is 0.234 e. The average Bonchev–Trinajstić information content (AvgIpc) is 2.39. The molecule has 3 heteroatoms. The van der Waals surface area contributed by atoms with Gasteiger partial charge in [0.2, 0.25) is 5.91 Å². The van der Waals surface area contributed by atoms with Crippen molar-refractivity contribution in [1.29, 1.82) is 0 Å². The first-order valence-corrected chi connectivity index (χ1v) is 7.28. The summed E-state index contributed by atoms with van der Waals surface area (Å²) in [5, 5.41) is 6.24. The van der Waals surface area contributed by atoms with Crippen LogP contribution in [0.1, 0.15) is 38.2 Å². The fourth-order valence-electron chi connectivity index (χ4n) is 2.44. The molecule has 0 bridgehead atoms. The van der Waals surface area contributed by atoms with E-state index in [2.05, 4.69) is 17.6 Å². The number of carbonyl (C=O) groups excluding carboxylic acids is 1. The highest BCUT2D eigenvalue weighted by Crippen LogP contribution is 2.30. The average molecular weight is 260 g/mol. The van der Waals surface area contributed by atoms with Crippen molar-refractivity contribution >= 4 is 5.91 Å². The second-order valence-corrected chi connectivity index (χ2v) is 5.58. The van der Waals surface area contributed by atoms with Gasteiger partial charge in [0, 0.05) is 12.6 Å². The van der Waals surface area contributed by atoms with E-state index in [0.29, 0.717) is 19.1 Å². The van der Waals surface area contributed by atoms with Crippen LogP contribution in [0.3, 0.4) is 0 Å². The minimum absolute atomic E-state index is 0.0734. The van der Waals surface area contributed by atoms with Crippen molar-refractivity contribution in [2.75, 3.05) is 6.54 Å². The van der Waals surface area contributed by atoms with Gasteiger partial charge in [0.15, 0.2) is 0 Å². The molecule has 19 heavy (non-hydrogen) atoms. The highest BCUT2D eigenvalue weighted by molar-refractivity contribution is 5.77. The molecule has 1 aliphatic rings. The summed E-state index contributed by atoms with van der Waals surface area (Å²) in [5.41, 5.74) is 1.14. The van der Waals surface area contributed by atoms with Crippen LogP contribution in [0.25, 0.3) is 0 Å². The molecule has 1 unspecified atom stereocenters. The van der Waals surface area contributed by atoms with Gasteiger partial charge in [-0.15, -0.1) is 0 Å². The second-order valence-electron chi connectivity index (χ2n) is 5.58. The van der Waals surface area contributed by atoms with E-state index in [1.807, 2.05) is 30.3 Å². The number of rotatable bonds is 7. The Hall–Kier alpha value is -1.35. The summed E-state index contributed by atoms with van der Waals surface area (Å²) in [6.07, 6.45) is 5.32. The van der Waals surface area contributed by atoms with Crippen LogP contribution in [0.4, 0.5) is 0 Å². The van der Waals surface area contributed by atoms with Gasteiger partial charge in [0.05, 0.1) is 6.54 Å². The Morgan fingerprint density at radius 1 is 1.32 bits per heavy atom. The minimum atomic E-state index is 0.0734. The zero-order valence-electron chi connectivity index (χ0n) is 11.7. The predicted molar refractivity (Wildman–Crippen MR) is 77.7 cm³/mol. The van der Waals surface area contributed by atoms with Crippen LogP contribution in [-0.2, 0) is 11.3 Å². The van der Waals surface area contributed by atoms with Gasteiger partial charge in [-0.1, -0.05) is 49.6 Å². The van der Waals surface area contributed by atoms with E-state index >= 15 is 0 Å². The summed E-state index contributed by atoms with van der Waals surface area (Å²) < 4.78 is 0. The molecule has 0 saturated heterocycles. The molecule has 0 heterocycles. The quantitative estimate of drug-likeness (QED) is 0.791. The van der Waals surface area contributed by atoms with E-state index in [0.717, 1.165) is 11.5 Å². The first kappa shape index (κ1) is 14.1. The highest BCUT2D eigenvalue weighted by atomic mass is 16.1. The normalized spacial score (nSPS) is 16.7. The van der Waals surface area contributed by atoms with Crippen molar-refractivity contribution in [3.05, 3.63) is 35.9 Å². The number of amides is 1. The molecule has 1 atom stereocenters. The fourth-order valence-corrected chi connectivity index (χ4v) is 2.44. The Balaban J connectivity index is 1.58. The molecule has 0 radical (unpaired) electrons. The zero-order valence-corrected chi connectivity index (χ0v) is 11.7. The lowest BCUT2D eigenvalue weighted by Crippen LogP contribution is -2.39. The Morgan fingerprint density at radius 2 is 2.05 bits per heavy atom. The molecule has 1 aromatic carbocycles. The van der Waals surface area contributed by atoms with E-state index in [1.165, 1.54) is 25.7 Å². The van der Waals surface area contributed by atoms with Gasteiger partial charge in [-0.05, 0) is 24.8 Å². The van der Waals surface area contributed by atoms with Crippen LogP contribution in [0.5, 0.6) is 0 Å². The largest absolute Gasteiger partial charge is 0.351 e. The highest BCUT2D eigenvalue weighted by Gasteiger charge is 2.19. The van der Waals surface area contributed by atoms with Crippen LogP contribution in [-0.4, -0.2) is 18.5 Å². The maximum absolute atomic E-state index is 11.7. The van der Waals surface area contributed by atoms with Gasteiger partial charge in [0.1, 0.15) is 0 Å². The van der Waals surface area contributed by atoms with E-state index in [4.69, 9.17) is 0 Å². The molecule has 1 fully saturated rings. The Labute approximate surface area is 115 Å². The van der Waals surface area contributed by atoms with Crippen LogP contribution in [0.15, 0.2) is 30.3 Å². The third kappa shape index (κ3) is 5.03. The Kier molecular flexibility index (Phi) is 5.40. The first-order chi connectivity index (χ1) is 9.24.